The minimum atomic E-state index is -3.35. The summed E-state index contributed by atoms with van der Waals surface area (Å²) in [7, 11) is -3.35. The zero-order valence-electron chi connectivity index (χ0n) is 10.0. The van der Waals surface area contributed by atoms with Gasteiger partial charge in [0.2, 0.25) is 0 Å². The summed E-state index contributed by atoms with van der Waals surface area (Å²) in [6.07, 6.45) is 3.39. The number of nitrogens with zero attached hydrogens (tertiary/aromatic N) is 3. The number of piperazine rings is 1. The molecule has 1 aromatic heterocycles. The highest BCUT2D eigenvalue weighted by molar-refractivity contribution is 7.89. The molecular weight excluding hydrogens is 276 g/mol. The van der Waals surface area contributed by atoms with E-state index in [1.807, 2.05) is 4.57 Å². The average molecular weight is 293 g/mol. The molecule has 0 radical (unpaired) electrons. The van der Waals surface area contributed by atoms with Gasteiger partial charge in [0.25, 0.3) is 10.0 Å². The molecule has 1 N–H and O–H groups in total. The Bertz CT molecular complexity index is 522. The molecule has 0 spiro atoms. The van der Waals surface area contributed by atoms with Crippen LogP contribution in [-0.2, 0) is 23.0 Å². The summed E-state index contributed by atoms with van der Waals surface area (Å²) in [6, 6.07) is 0. The number of aryl methyl sites for hydroxylation is 1. The van der Waals surface area contributed by atoms with E-state index in [1.54, 1.807) is 4.31 Å². The predicted molar refractivity (Wildman–Crippen MR) is 69.4 cm³/mol. The quantitative estimate of drug-likeness (QED) is 0.823. The van der Waals surface area contributed by atoms with Gasteiger partial charge in [0.1, 0.15) is 5.82 Å². The van der Waals surface area contributed by atoms with Crippen molar-refractivity contribution in [3.05, 3.63) is 12.0 Å². The molecule has 1 saturated heterocycles. The lowest BCUT2D eigenvalue weighted by molar-refractivity contribution is 0.357. The van der Waals surface area contributed by atoms with Crippen LogP contribution in [0, 0.1) is 0 Å². The molecule has 0 aromatic carbocycles. The molecule has 2 aliphatic heterocycles. The van der Waals surface area contributed by atoms with Crippen LogP contribution < -0.4 is 5.32 Å². The molecule has 102 valence electrons. The highest BCUT2D eigenvalue weighted by Gasteiger charge is 2.31. The van der Waals surface area contributed by atoms with Gasteiger partial charge >= 0.3 is 0 Å². The van der Waals surface area contributed by atoms with Gasteiger partial charge in [-0.15, -0.1) is 12.4 Å². The minimum absolute atomic E-state index is 0. The van der Waals surface area contributed by atoms with Crippen LogP contribution in [0.1, 0.15) is 12.2 Å². The SMILES string of the molecule is Cl.O=S(=O)(c1cnc2n1CCC2)N1CCNCC1. The van der Waals surface area contributed by atoms with Gasteiger partial charge < -0.3 is 9.88 Å². The number of aromatic nitrogens is 2. The highest BCUT2D eigenvalue weighted by Crippen LogP contribution is 2.22. The van der Waals surface area contributed by atoms with E-state index in [-0.39, 0.29) is 12.4 Å². The van der Waals surface area contributed by atoms with Crippen LogP contribution in [0.2, 0.25) is 0 Å². The molecule has 1 fully saturated rings. The van der Waals surface area contributed by atoms with Gasteiger partial charge in [-0.1, -0.05) is 0 Å². The molecule has 1 aromatic rings. The lowest BCUT2D eigenvalue weighted by Gasteiger charge is -2.26. The van der Waals surface area contributed by atoms with Gasteiger partial charge in [-0.3, -0.25) is 0 Å². The van der Waals surface area contributed by atoms with Crippen LogP contribution in [-0.4, -0.2) is 48.5 Å². The van der Waals surface area contributed by atoms with Crippen LogP contribution in [0.5, 0.6) is 0 Å². The molecular formula is C10H17ClN4O2S. The molecule has 3 rings (SSSR count). The van der Waals surface area contributed by atoms with E-state index in [2.05, 4.69) is 10.3 Å². The summed E-state index contributed by atoms with van der Waals surface area (Å²) in [4.78, 5) is 4.20. The number of rotatable bonds is 2. The second kappa shape index (κ2) is 5.16. The zero-order chi connectivity index (χ0) is 11.9. The Hall–Kier alpha value is -0.630. The maximum absolute atomic E-state index is 12.4. The zero-order valence-corrected chi connectivity index (χ0v) is 11.6. The van der Waals surface area contributed by atoms with Crippen molar-refractivity contribution in [1.82, 2.24) is 19.2 Å². The van der Waals surface area contributed by atoms with Crippen molar-refractivity contribution in [3.8, 4) is 0 Å². The van der Waals surface area contributed by atoms with E-state index < -0.39 is 10.0 Å². The number of imidazole rings is 1. The van der Waals surface area contributed by atoms with Crippen LogP contribution in [0.25, 0.3) is 0 Å². The summed E-state index contributed by atoms with van der Waals surface area (Å²) in [5, 5.41) is 3.52. The van der Waals surface area contributed by atoms with E-state index in [0.717, 1.165) is 38.3 Å². The summed E-state index contributed by atoms with van der Waals surface area (Å²) in [5.41, 5.74) is 0. The molecule has 0 saturated carbocycles. The molecule has 2 aliphatic rings. The van der Waals surface area contributed by atoms with Crippen molar-refractivity contribution in [3.63, 3.8) is 0 Å². The Morgan fingerprint density at radius 1 is 1.22 bits per heavy atom. The lowest BCUT2D eigenvalue weighted by atomic mass is 10.4. The van der Waals surface area contributed by atoms with E-state index >= 15 is 0 Å². The van der Waals surface area contributed by atoms with Gasteiger partial charge in [0.05, 0.1) is 6.20 Å². The fourth-order valence-corrected chi connectivity index (χ4v) is 4.04. The topological polar surface area (TPSA) is 67.2 Å². The first-order valence-electron chi connectivity index (χ1n) is 5.95. The van der Waals surface area contributed by atoms with E-state index in [4.69, 9.17) is 0 Å². The minimum Gasteiger partial charge on any atom is -0.318 e. The highest BCUT2D eigenvalue weighted by atomic mass is 35.5. The van der Waals surface area contributed by atoms with E-state index in [1.165, 1.54) is 6.20 Å². The number of fused-ring (bicyclic) bond motifs is 1. The van der Waals surface area contributed by atoms with Crippen LogP contribution in [0.3, 0.4) is 0 Å². The molecule has 6 nitrogen and oxygen atoms in total. The molecule has 0 bridgehead atoms. The van der Waals surface area contributed by atoms with Crippen molar-refractivity contribution in [2.24, 2.45) is 0 Å². The molecule has 0 unspecified atom stereocenters. The van der Waals surface area contributed by atoms with Crippen LogP contribution >= 0.6 is 12.4 Å². The number of halogens is 1. The number of sulfonamides is 1. The molecule has 3 heterocycles. The lowest BCUT2D eigenvalue weighted by Crippen LogP contribution is -2.46. The summed E-state index contributed by atoms with van der Waals surface area (Å²) < 4.78 is 28.3. The van der Waals surface area contributed by atoms with Crippen molar-refractivity contribution >= 4 is 22.4 Å². The van der Waals surface area contributed by atoms with Crippen LogP contribution in [0.15, 0.2) is 11.2 Å². The normalized spacial score (nSPS) is 20.4. The largest absolute Gasteiger partial charge is 0.318 e. The fourth-order valence-electron chi connectivity index (χ4n) is 2.45. The first-order chi connectivity index (χ1) is 8.19. The smallest absolute Gasteiger partial charge is 0.260 e. The second-order valence-electron chi connectivity index (χ2n) is 4.42. The standard InChI is InChI=1S/C10H16N4O2S.ClH/c15-17(16,13-6-3-11-4-7-13)10-8-12-9-2-1-5-14(9)10;/h8,11H,1-7H2;1H. The fraction of sp³-hybridized carbons (Fsp3) is 0.700. The summed E-state index contributed by atoms with van der Waals surface area (Å²) in [5.74, 6) is 0.902. The first kappa shape index (κ1) is 13.8. The van der Waals surface area contributed by atoms with Gasteiger partial charge in [0.15, 0.2) is 5.03 Å². The van der Waals surface area contributed by atoms with Gasteiger partial charge in [0, 0.05) is 39.1 Å². The van der Waals surface area contributed by atoms with E-state index in [0.29, 0.717) is 18.1 Å². The summed E-state index contributed by atoms with van der Waals surface area (Å²) in [6.45, 7) is 3.31. The van der Waals surface area contributed by atoms with Crippen molar-refractivity contribution < 1.29 is 8.42 Å². The molecule has 0 atom stereocenters. The maximum Gasteiger partial charge on any atom is 0.260 e. The Labute approximate surface area is 113 Å². The first-order valence-corrected chi connectivity index (χ1v) is 7.39. The number of hydrogen-bond acceptors (Lipinski definition) is 4. The Balaban J connectivity index is 0.00000120. The second-order valence-corrected chi connectivity index (χ2v) is 6.31. The molecule has 0 aliphatic carbocycles. The third-order valence-electron chi connectivity index (χ3n) is 3.36. The third-order valence-corrected chi connectivity index (χ3v) is 5.26. The Morgan fingerprint density at radius 3 is 2.67 bits per heavy atom. The van der Waals surface area contributed by atoms with Crippen molar-refractivity contribution in [2.45, 2.75) is 24.4 Å². The van der Waals surface area contributed by atoms with E-state index in [9.17, 15) is 8.42 Å². The molecule has 0 amide bonds. The average Bonchev–Trinajstić information content (AvgIpc) is 2.91. The maximum atomic E-state index is 12.4. The van der Waals surface area contributed by atoms with Crippen molar-refractivity contribution in [2.75, 3.05) is 26.2 Å². The van der Waals surface area contributed by atoms with Crippen molar-refractivity contribution in [1.29, 1.82) is 0 Å². The molecule has 18 heavy (non-hydrogen) atoms. The van der Waals surface area contributed by atoms with Gasteiger partial charge in [-0.25, -0.2) is 13.4 Å². The Kier molecular flexibility index (Phi) is 3.96. The third kappa shape index (κ3) is 2.16. The predicted octanol–water partition coefficient (Wildman–Crippen LogP) is -0.155. The number of nitrogens with one attached hydrogen (secondary N) is 1. The monoisotopic (exact) mass is 292 g/mol. The van der Waals surface area contributed by atoms with Crippen LogP contribution in [0.4, 0.5) is 0 Å². The molecule has 8 heteroatoms. The number of hydrogen-bond donors (Lipinski definition) is 1. The summed E-state index contributed by atoms with van der Waals surface area (Å²) >= 11 is 0. The van der Waals surface area contributed by atoms with Gasteiger partial charge in [-0.05, 0) is 6.42 Å². The van der Waals surface area contributed by atoms with Gasteiger partial charge in [-0.2, -0.15) is 4.31 Å². The Morgan fingerprint density at radius 2 is 1.94 bits per heavy atom.